The van der Waals surface area contributed by atoms with Crippen molar-refractivity contribution in [1.29, 1.82) is 0 Å². The van der Waals surface area contributed by atoms with E-state index < -0.39 is 6.10 Å². The smallest absolute Gasteiger partial charge is 0.161 e. The van der Waals surface area contributed by atoms with Gasteiger partial charge in [-0.05, 0) is 23.3 Å². The summed E-state index contributed by atoms with van der Waals surface area (Å²) in [7, 11) is 1.62. The van der Waals surface area contributed by atoms with Crippen molar-refractivity contribution < 1.29 is 27.0 Å². The summed E-state index contributed by atoms with van der Waals surface area (Å²) in [5.41, 5.74) is 1.97. The van der Waals surface area contributed by atoms with Crippen molar-refractivity contribution in [2.24, 2.45) is 0 Å². The molecule has 1 unspecified atom stereocenters. The van der Waals surface area contributed by atoms with Gasteiger partial charge in [0, 0.05) is 13.1 Å². The third kappa shape index (κ3) is 5.89. The Hall–Kier alpha value is -2.01. The Balaban J connectivity index is 0.00000288. The minimum Gasteiger partial charge on any atom is -1.00 e. The molecule has 0 aliphatic heterocycles. The molecule has 0 fully saturated rings. The van der Waals surface area contributed by atoms with Gasteiger partial charge in [0.25, 0.3) is 0 Å². The molecule has 2 aromatic rings. The van der Waals surface area contributed by atoms with Crippen LogP contribution in [0.3, 0.4) is 0 Å². The van der Waals surface area contributed by atoms with Crippen LogP contribution in [-0.2, 0) is 6.54 Å². The lowest BCUT2D eigenvalue weighted by atomic mass is 10.1. The molecule has 0 saturated heterocycles. The maximum atomic E-state index is 10.1. The van der Waals surface area contributed by atoms with Crippen LogP contribution in [0.25, 0.3) is 0 Å². The molecule has 0 aromatic heterocycles. The second-order valence-electron chi connectivity index (χ2n) is 5.14. The quantitative estimate of drug-likeness (QED) is 0.631. The van der Waals surface area contributed by atoms with Crippen molar-refractivity contribution in [2.45, 2.75) is 12.6 Å². The molecule has 0 bridgehead atoms. The van der Waals surface area contributed by atoms with E-state index in [1.54, 1.807) is 13.2 Å². The van der Waals surface area contributed by atoms with E-state index in [4.69, 9.17) is 9.47 Å². The second kappa shape index (κ2) is 10.7. The van der Waals surface area contributed by atoms with Crippen LogP contribution in [-0.4, -0.2) is 25.4 Å². The van der Waals surface area contributed by atoms with Crippen LogP contribution in [0, 0.1) is 0 Å². The second-order valence-corrected chi connectivity index (χ2v) is 5.14. The summed E-state index contributed by atoms with van der Waals surface area (Å²) in [6.45, 7) is 5.20. The molecule has 24 heavy (non-hydrogen) atoms. The van der Waals surface area contributed by atoms with Gasteiger partial charge >= 0.3 is 0 Å². The first kappa shape index (κ1) is 20.0. The van der Waals surface area contributed by atoms with Gasteiger partial charge in [-0.25, -0.2) is 0 Å². The minimum absolute atomic E-state index is 0. The van der Waals surface area contributed by atoms with Crippen LogP contribution in [0.15, 0.2) is 61.2 Å². The number of hydrogen-bond acceptors (Lipinski definition) is 4. The van der Waals surface area contributed by atoms with Gasteiger partial charge < -0.3 is 32.3 Å². The first-order valence-electron chi connectivity index (χ1n) is 7.59. The van der Waals surface area contributed by atoms with Crippen molar-refractivity contribution in [3.63, 3.8) is 0 Å². The maximum Gasteiger partial charge on any atom is 0.161 e. The van der Waals surface area contributed by atoms with Gasteiger partial charge in [-0.1, -0.05) is 49.1 Å². The summed E-state index contributed by atoms with van der Waals surface area (Å²) in [6.07, 6.45) is 1.17. The lowest BCUT2D eigenvalue weighted by molar-refractivity contribution is -0.00000699. The van der Waals surface area contributed by atoms with Crippen LogP contribution in [0.4, 0.5) is 0 Å². The van der Waals surface area contributed by atoms with Gasteiger partial charge in [0.2, 0.25) is 0 Å². The molecule has 2 N–H and O–H groups in total. The number of aliphatic hydroxyl groups is 1. The Labute approximate surface area is 149 Å². The molecule has 0 amide bonds. The number of aliphatic hydroxyl groups excluding tert-OH is 1. The van der Waals surface area contributed by atoms with Gasteiger partial charge in [0.15, 0.2) is 11.5 Å². The zero-order valence-electron chi connectivity index (χ0n) is 13.7. The lowest BCUT2D eigenvalue weighted by Gasteiger charge is -2.14. The van der Waals surface area contributed by atoms with E-state index in [1.165, 1.54) is 0 Å². The topological polar surface area (TPSA) is 50.7 Å². The van der Waals surface area contributed by atoms with Gasteiger partial charge in [0.1, 0.15) is 6.61 Å². The Kier molecular flexibility index (Phi) is 8.94. The fourth-order valence-corrected chi connectivity index (χ4v) is 2.24. The number of methoxy groups -OCH3 is 1. The monoisotopic (exact) mass is 348 g/mol. The number of nitrogens with one attached hydrogen (secondary N) is 1. The number of halogens is 1. The molecule has 0 spiro atoms. The van der Waals surface area contributed by atoms with Crippen molar-refractivity contribution >= 4 is 0 Å². The molecular weight excluding hydrogens is 326 g/mol. The van der Waals surface area contributed by atoms with E-state index in [2.05, 4.69) is 11.9 Å². The molecule has 0 radical (unpaired) electrons. The van der Waals surface area contributed by atoms with E-state index in [-0.39, 0.29) is 12.4 Å². The Morgan fingerprint density at radius 1 is 1.17 bits per heavy atom. The van der Waals surface area contributed by atoms with Gasteiger partial charge in [0.05, 0.1) is 13.2 Å². The largest absolute Gasteiger partial charge is 1.00 e. The van der Waals surface area contributed by atoms with Crippen LogP contribution in [0.1, 0.15) is 17.2 Å². The van der Waals surface area contributed by atoms with Gasteiger partial charge in [-0.3, -0.25) is 0 Å². The number of rotatable bonds is 9. The minimum atomic E-state index is -0.520. The first-order chi connectivity index (χ1) is 11.2. The molecule has 0 heterocycles. The summed E-state index contributed by atoms with van der Waals surface area (Å²) in [4.78, 5) is 0. The standard InChI is InChI=1S/C19H23NO3.ClH/c1-3-11-23-18-10-9-15(12-19(18)22-2)13-20-14-17(21)16-7-5-4-6-8-16;/h3-10,12,17,20-21H,1,11,13-14H2,2H3;1H/p-1. The number of ether oxygens (including phenoxy) is 2. The molecule has 2 aromatic carbocycles. The SMILES string of the molecule is C=CCOc1ccc(CNCC(O)c2ccccc2)cc1OC.[Cl-]. The van der Waals surface area contributed by atoms with E-state index in [0.717, 1.165) is 11.1 Å². The molecule has 4 nitrogen and oxygen atoms in total. The van der Waals surface area contributed by atoms with E-state index in [1.807, 2.05) is 48.5 Å². The number of benzene rings is 2. The summed E-state index contributed by atoms with van der Waals surface area (Å²) < 4.78 is 10.9. The van der Waals surface area contributed by atoms with E-state index in [9.17, 15) is 5.11 Å². The van der Waals surface area contributed by atoms with Crippen molar-refractivity contribution in [2.75, 3.05) is 20.3 Å². The molecule has 1 atom stereocenters. The fourth-order valence-electron chi connectivity index (χ4n) is 2.24. The molecule has 5 heteroatoms. The molecule has 130 valence electrons. The predicted molar refractivity (Wildman–Crippen MR) is 91.8 cm³/mol. The summed E-state index contributed by atoms with van der Waals surface area (Å²) in [6, 6.07) is 15.4. The van der Waals surface area contributed by atoms with Gasteiger partial charge in [-0.2, -0.15) is 0 Å². The Morgan fingerprint density at radius 3 is 2.58 bits per heavy atom. The van der Waals surface area contributed by atoms with E-state index >= 15 is 0 Å². The van der Waals surface area contributed by atoms with Crippen molar-refractivity contribution in [1.82, 2.24) is 5.32 Å². The highest BCUT2D eigenvalue weighted by atomic mass is 35.5. The normalized spacial score (nSPS) is 11.2. The van der Waals surface area contributed by atoms with Crippen molar-refractivity contribution in [3.05, 3.63) is 72.3 Å². The maximum absolute atomic E-state index is 10.1. The lowest BCUT2D eigenvalue weighted by Crippen LogP contribution is -3.00. The molecule has 0 aliphatic rings. The molecule has 0 aliphatic carbocycles. The zero-order valence-corrected chi connectivity index (χ0v) is 14.5. The predicted octanol–water partition coefficient (Wildman–Crippen LogP) is 0.0872. The molecule has 2 rings (SSSR count). The summed E-state index contributed by atoms with van der Waals surface area (Å²) >= 11 is 0. The number of hydrogen-bond donors (Lipinski definition) is 2. The third-order valence-corrected chi connectivity index (χ3v) is 3.44. The average molecular weight is 349 g/mol. The fraction of sp³-hybridized carbons (Fsp3) is 0.263. The average Bonchev–Trinajstić information content (AvgIpc) is 2.61. The van der Waals surface area contributed by atoms with Crippen LogP contribution in [0.5, 0.6) is 11.5 Å². The molecule has 0 saturated carbocycles. The van der Waals surface area contributed by atoms with Crippen LogP contribution < -0.4 is 27.2 Å². The highest BCUT2D eigenvalue weighted by molar-refractivity contribution is 5.43. The Morgan fingerprint density at radius 2 is 1.92 bits per heavy atom. The highest BCUT2D eigenvalue weighted by Gasteiger charge is 2.08. The van der Waals surface area contributed by atoms with Crippen molar-refractivity contribution in [3.8, 4) is 11.5 Å². The van der Waals surface area contributed by atoms with Gasteiger partial charge in [-0.15, -0.1) is 0 Å². The van der Waals surface area contributed by atoms with E-state index in [0.29, 0.717) is 31.2 Å². The molecular formula is C19H23ClNO3-. The summed E-state index contributed by atoms with van der Waals surface area (Å²) in [5, 5.41) is 13.4. The highest BCUT2D eigenvalue weighted by Crippen LogP contribution is 2.28. The summed E-state index contributed by atoms with van der Waals surface area (Å²) in [5.74, 6) is 1.38. The first-order valence-corrected chi connectivity index (χ1v) is 7.59. The van der Waals surface area contributed by atoms with Crippen LogP contribution >= 0.6 is 0 Å². The Bertz CT molecular complexity index is 619. The zero-order chi connectivity index (χ0) is 16.5. The third-order valence-electron chi connectivity index (χ3n) is 3.44. The van der Waals surface area contributed by atoms with Crippen LogP contribution in [0.2, 0.25) is 0 Å².